The number of rotatable bonds is 4. The Balaban J connectivity index is 1.49. The van der Waals surface area contributed by atoms with Crippen LogP contribution in [-0.2, 0) is 17.9 Å². The van der Waals surface area contributed by atoms with Gasteiger partial charge in [-0.25, -0.2) is 18.4 Å². The van der Waals surface area contributed by atoms with E-state index in [-0.39, 0.29) is 24.0 Å². The molecule has 218 valence electrons. The minimum atomic E-state index is -1.04. The number of amides is 2. The fourth-order valence-electron chi connectivity index (χ4n) is 5.37. The second-order valence-corrected chi connectivity index (χ2v) is 10.7. The van der Waals surface area contributed by atoms with Crippen LogP contribution in [0.2, 0.25) is 0 Å². The van der Waals surface area contributed by atoms with Gasteiger partial charge in [-0.1, -0.05) is 30.3 Å². The molecule has 0 saturated carbocycles. The number of hydrogen-bond donors (Lipinski definition) is 0. The zero-order valence-corrected chi connectivity index (χ0v) is 24.1. The third-order valence-electron chi connectivity index (χ3n) is 7.45. The average molecular weight is 573 g/mol. The van der Waals surface area contributed by atoms with Gasteiger partial charge in [-0.2, -0.15) is 5.10 Å². The summed E-state index contributed by atoms with van der Waals surface area (Å²) in [6.07, 6.45) is 2.13. The summed E-state index contributed by atoms with van der Waals surface area (Å²) >= 11 is 0. The second kappa shape index (κ2) is 12.6. The number of anilines is 1. The van der Waals surface area contributed by atoms with Crippen molar-refractivity contribution < 1.29 is 18.4 Å². The molecular formula is C32H34F2N6O2. The van der Waals surface area contributed by atoms with Crippen molar-refractivity contribution in [2.75, 3.05) is 31.1 Å². The number of carbonyl (C=O) groups is 2. The summed E-state index contributed by atoms with van der Waals surface area (Å²) < 4.78 is 30.7. The number of fused-ring (bicyclic) bond motifs is 1. The second-order valence-electron chi connectivity index (χ2n) is 10.7. The minimum absolute atomic E-state index is 0.00641. The number of carbonyl (C=O) groups excluding carboxylic acids is 2. The molecule has 42 heavy (non-hydrogen) atoms. The van der Waals surface area contributed by atoms with Gasteiger partial charge in [-0.3, -0.25) is 14.5 Å². The van der Waals surface area contributed by atoms with Crippen LogP contribution in [0.4, 0.5) is 14.5 Å². The smallest absolute Gasteiger partial charge is 0.255 e. The first-order valence-electron chi connectivity index (χ1n) is 14.0. The summed E-state index contributed by atoms with van der Waals surface area (Å²) in [6, 6.07) is 17.5. The molecule has 0 radical (unpaired) electrons. The van der Waals surface area contributed by atoms with Crippen LogP contribution in [0.5, 0.6) is 0 Å². The first kappa shape index (κ1) is 29.1. The molecule has 0 aliphatic carbocycles. The largest absolute Gasteiger partial charge is 0.333 e. The monoisotopic (exact) mass is 572 g/mol. The molecule has 0 spiro atoms. The molecule has 2 amide bonds. The highest BCUT2D eigenvalue weighted by Crippen LogP contribution is 2.27. The maximum atomic E-state index is 14.5. The molecule has 4 aromatic rings. The van der Waals surface area contributed by atoms with E-state index in [1.807, 2.05) is 50.2 Å². The van der Waals surface area contributed by atoms with Crippen LogP contribution in [-0.4, -0.2) is 62.6 Å². The number of benzene rings is 2. The molecular weight excluding hydrogens is 538 g/mol. The summed E-state index contributed by atoms with van der Waals surface area (Å²) in [7, 11) is 0. The van der Waals surface area contributed by atoms with Gasteiger partial charge in [0.05, 0.1) is 16.9 Å². The molecule has 0 saturated heterocycles. The lowest BCUT2D eigenvalue weighted by Gasteiger charge is -2.28. The third kappa shape index (κ3) is 6.54. The normalized spacial score (nSPS) is 14.8. The molecule has 1 aliphatic rings. The van der Waals surface area contributed by atoms with Crippen LogP contribution in [0.15, 0.2) is 66.9 Å². The Bertz CT molecular complexity index is 1570. The molecule has 0 atom stereocenters. The van der Waals surface area contributed by atoms with E-state index in [1.165, 1.54) is 18.0 Å². The van der Waals surface area contributed by atoms with Crippen LogP contribution in [0.25, 0.3) is 5.82 Å². The lowest BCUT2D eigenvalue weighted by Crippen LogP contribution is -2.38. The van der Waals surface area contributed by atoms with Crippen molar-refractivity contribution in [1.29, 1.82) is 0 Å². The van der Waals surface area contributed by atoms with E-state index in [9.17, 15) is 18.4 Å². The number of hydrogen-bond acceptors (Lipinski definition) is 5. The van der Waals surface area contributed by atoms with Crippen molar-refractivity contribution in [3.63, 3.8) is 0 Å². The van der Waals surface area contributed by atoms with E-state index in [0.717, 1.165) is 29.1 Å². The first-order chi connectivity index (χ1) is 20.2. The molecule has 1 aliphatic heterocycles. The van der Waals surface area contributed by atoms with Crippen LogP contribution in [0, 0.1) is 25.5 Å². The van der Waals surface area contributed by atoms with Gasteiger partial charge in [0.2, 0.25) is 5.91 Å². The zero-order chi connectivity index (χ0) is 29.8. The van der Waals surface area contributed by atoms with E-state index < -0.39 is 11.6 Å². The summed E-state index contributed by atoms with van der Waals surface area (Å²) in [6.45, 7) is 7.78. The van der Waals surface area contributed by atoms with Crippen LogP contribution < -0.4 is 4.90 Å². The summed E-state index contributed by atoms with van der Waals surface area (Å²) in [5, 5.41) is 4.46. The van der Waals surface area contributed by atoms with E-state index in [1.54, 1.807) is 21.7 Å². The molecule has 2 aromatic carbocycles. The van der Waals surface area contributed by atoms with E-state index >= 15 is 0 Å². The topological polar surface area (TPSA) is 74.6 Å². The number of nitrogens with zero attached hydrogens (tertiary/aromatic N) is 6. The Morgan fingerprint density at radius 3 is 2.33 bits per heavy atom. The molecule has 0 bridgehead atoms. The Labute approximate surface area is 244 Å². The quantitative estimate of drug-likeness (QED) is 0.342. The third-order valence-corrected chi connectivity index (χ3v) is 7.45. The molecule has 2 aromatic heterocycles. The van der Waals surface area contributed by atoms with Gasteiger partial charge < -0.3 is 9.80 Å². The van der Waals surface area contributed by atoms with Crippen LogP contribution in [0.3, 0.4) is 0 Å². The van der Waals surface area contributed by atoms with Crippen LogP contribution >= 0.6 is 0 Å². The first-order valence-corrected chi connectivity index (χ1v) is 14.0. The highest BCUT2D eigenvalue weighted by Gasteiger charge is 2.25. The van der Waals surface area contributed by atoms with E-state index in [4.69, 9.17) is 0 Å². The van der Waals surface area contributed by atoms with Crippen molar-refractivity contribution in [2.24, 2.45) is 0 Å². The standard InChI is InChI=1S/C32H34F2N6O2/c1-22-16-23(2)40(36-22)31-11-10-26(19-35-31)32(42)38-15-14-37(20-25-8-5-4-6-9-25)12-7-13-39(24(3)41)30-18-29(34)28(33)17-27(30)21-38/h4-6,8-11,16-19H,7,12-15,20-21H2,1-3H3. The Morgan fingerprint density at radius 2 is 1.67 bits per heavy atom. The predicted molar refractivity (Wildman–Crippen MR) is 156 cm³/mol. The predicted octanol–water partition coefficient (Wildman–Crippen LogP) is 5.06. The van der Waals surface area contributed by atoms with Gasteiger partial charge in [0, 0.05) is 64.1 Å². The number of halogens is 2. The van der Waals surface area contributed by atoms with Gasteiger partial charge >= 0.3 is 0 Å². The van der Waals surface area contributed by atoms with Crippen molar-refractivity contribution >= 4 is 17.5 Å². The van der Waals surface area contributed by atoms with E-state index in [2.05, 4.69) is 15.0 Å². The van der Waals surface area contributed by atoms with Crippen molar-refractivity contribution in [3.05, 3.63) is 107 Å². The summed E-state index contributed by atoms with van der Waals surface area (Å²) in [4.78, 5) is 36.4. The highest BCUT2D eigenvalue weighted by molar-refractivity contribution is 5.95. The fourth-order valence-corrected chi connectivity index (χ4v) is 5.37. The molecule has 3 heterocycles. The fraction of sp³-hybridized carbons (Fsp3) is 0.312. The summed E-state index contributed by atoms with van der Waals surface area (Å²) in [5.74, 6) is -2.06. The van der Waals surface area contributed by atoms with Gasteiger partial charge in [0.15, 0.2) is 17.5 Å². The number of aromatic nitrogens is 3. The maximum Gasteiger partial charge on any atom is 0.255 e. The number of aryl methyl sites for hydroxylation is 2. The lowest BCUT2D eigenvalue weighted by atomic mass is 10.1. The molecule has 8 nitrogen and oxygen atoms in total. The Morgan fingerprint density at radius 1 is 0.905 bits per heavy atom. The Hall–Kier alpha value is -4.44. The molecule has 0 fully saturated rings. The highest BCUT2D eigenvalue weighted by atomic mass is 19.2. The van der Waals surface area contributed by atoms with Crippen molar-refractivity contribution in [3.8, 4) is 5.82 Å². The van der Waals surface area contributed by atoms with Gasteiger partial charge in [-0.05, 0) is 55.7 Å². The van der Waals surface area contributed by atoms with Crippen molar-refractivity contribution in [2.45, 2.75) is 40.3 Å². The number of pyridine rings is 1. The molecule has 0 unspecified atom stereocenters. The van der Waals surface area contributed by atoms with Crippen molar-refractivity contribution in [1.82, 2.24) is 24.6 Å². The van der Waals surface area contributed by atoms with E-state index in [0.29, 0.717) is 56.1 Å². The zero-order valence-electron chi connectivity index (χ0n) is 24.1. The molecule has 0 N–H and O–H groups in total. The average Bonchev–Trinajstić information content (AvgIpc) is 3.30. The molecule has 10 heteroatoms. The maximum absolute atomic E-state index is 14.5. The minimum Gasteiger partial charge on any atom is -0.333 e. The Kier molecular flexibility index (Phi) is 8.72. The SMILES string of the molecule is CC(=O)N1CCCN(Cc2ccccc2)CCN(C(=O)c2ccc(-n3nc(C)cc3C)nc2)Cc2cc(F)c(F)cc21. The van der Waals surface area contributed by atoms with Gasteiger partial charge in [-0.15, -0.1) is 0 Å². The van der Waals surface area contributed by atoms with Crippen LogP contribution in [0.1, 0.15) is 46.2 Å². The lowest BCUT2D eigenvalue weighted by molar-refractivity contribution is -0.116. The molecule has 5 rings (SSSR count). The van der Waals surface area contributed by atoms with Gasteiger partial charge in [0.25, 0.3) is 5.91 Å². The van der Waals surface area contributed by atoms with Gasteiger partial charge in [0.1, 0.15) is 0 Å². The summed E-state index contributed by atoms with van der Waals surface area (Å²) in [5.41, 5.74) is 3.91.